The normalized spacial score (nSPS) is 13.6. The molecule has 5 heterocycles. The van der Waals surface area contributed by atoms with Crippen LogP contribution in [0.1, 0.15) is 17.5 Å². The zero-order chi connectivity index (χ0) is 35.5. The second-order valence-corrected chi connectivity index (χ2v) is 16.2. The number of thiophene rings is 1. The van der Waals surface area contributed by atoms with Crippen molar-refractivity contribution in [3.8, 4) is 17.1 Å². The smallest absolute Gasteiger partial charge is 0.165 e. The molecular weight excluding hydrogens is 689 g/mol. The van der Waals surface area contributed by atoms with Gasteiger partial charge >= 0.3 is 0 Å². The van der Waals surface area contributed by atoms with Gasteiger partial charge in [0.25, 0.3) is 0 Å². The van der Waals surface area contributed by atoms with E-state index in [0.717, 1.165) is 62.8 Å². The van der Waals surface area contributed by atoms with Gasteiger partial charge in [-0.25, -0.2) is 9.97 Å². The van der Waals surface area contributed by atoms with Gasteiger partial charge in [-0.1, -0.05) is 103 Å². The number of rotatable bonds is 2. The maximum Gasteiger partial charge on any atom is 0.165 e. The second kappa shape index (κ2) is 10.0. The number of hydrogen-bond donors (Lipinski definition) is 0. The topological polar surface area (TPSA) is 35.1 Å². The Kier molecular flexibility index (Phi) is 5.22. The number of nitrogens with zero attached hydrogens (tertiary/aromatic N) is 4. The Morgan fingerprint density at radius 1 is 0.527 bits per heavy atom. The lowest BCUT2D eigenvalue weighted by Crippen LogP contribution is -2.05. The summed E-state index contributed by atoms with van der Waals surface area (Å²) in [5, 5.41) is 12.6. The number of aromatic nitrogens is 4. The molecule has 0 radical (unpaired) electrons. The van der Waals surface area contributed by atoms with Crippen LogP contribution in [-0.2, 0) is 6.42 Å². The lowest BCUT2D eigenvalue weighted by atomic mass is 9.89. The van der Waals surface area contributed by atoms with Crippen LogP contribution >= 0.6 is 11.3 Å². The Morgan fingerprint density at radius 2 is 1.31 bits per heavy atom. The maximum atomic E-state index is 5.76. The highest BCUT2D eigenvalue weighted by molar-refractivity contribution is 7.26. The van der Waals surface area contributed by atoms with Crippen LogP contribution in [0, 0.1) is 0 Å². The molecule has 5 aromatic heterocycles. The van der Waals surface area contributed by atoms with E-state index >= 15 is 0 Å². The first-order valence-electron chi connectivity index (χ1n) is 19.1. The number of fused-ring (bicyclic) bond motifs is 10. The number of allylic oxidation sites excluding steroid dienone is 1. The summed E-state index contributed by atoms with van der Waals surface area (Å²) < 4.78 is 7.59. The van der Waals surface area contributed by atoms with Crippen LogP contribution in [0.4, 0.5) is 0 Å². The van der Waals surface area contributed by atoms with E-state index in [9.17, 15) is 0 Å². The minimum Gasteiger partial charge on any atom is -0.308 e. The summed E-state index contributed by atoms with van der Waals surface area (Å²) >= 11 is 1.90. The monoisotopic (exact) mass is 716 g/mol. The van der Waals surface area contributed by atoms with Crippen LogP contribution in [0.3, 0.4) is 0 Å². The van der Waals surface area contributed by atoms with Gasteiger partial charge in [0.05, 0.1) is 38.6 Å². The fraction of sp³-hybridized carbons (Fsp3) is 0.0400. The van der Waals surface area contributed by atoms with E-state index in [1.807, 2.05) is 11.3 Å². The van der Waals surface area contributed by atoms with E-state index in [1.54, 1.807) is 0 Å². The van der Waals surface area contributed by atoms with Crippen molar-refractivity contribution in [1.82, 2.24) is 18.9 Å². The lowest BCUT2D eigenvalue weighted by Gasteiger charge is -2.18. The summed E-state index contributed by atoms with van der Waals surface area (Å²) in [6.07, 6.45) is 6.67. The largest absolute Gasteiger partial charge is 0.308 e. The second-order valence-electron chi connectivity index (χ2n) is 15.2. The fourth-order valence-corrected chi connectivity index (χ4v) is 11.3. The Balaban J connectivity index is 1.21. The number of benzene rings is 8. The van der Waals surface area contributed by atoms with Crippen LogP contribution in [0.15, 0.2) is 140 Å². The van der Waals surface area contributed by atoms with Gasteiger partial charge in [-0.2, -0.15) is 0 Å². The molecule has 0 N–H and O–H groups in total. The van der Waals surface area contributed by atoms with Gasteiger partial charge < -0.3 is 4.40 Å². The third-order valence-corrected chi connectivity index (χ3v) is 13.6. The molecule has 0 aliphatic heterocycles. The van der Waals surface area contributed by atoms with E-state index in [0.29, 0.717) is 0 Å². The van der Waals surface area contributed by atoms with Crippen molar-refractivity contribution in [2.75, 3.05) is 0 Å². The van der Waals surface area contributed by atoms with Crippen molar-refractivity contribution in [2.24, 2.45) is 0 Å². The van der Waals surface area contributed by atoms with E-state index in [4.69, 9.17) is 9.97 Å². The van der Waals surface area contributed by atoms with E-state index in [-0.39, 0.29) is 0 Å². The third kappa shape index (κ3) is 3.49. The summed E-state index contributed by atoms with van der Waals surface area (Å²) in [7, 11) is 0. The van der Waals surface area contributed by atoms with Gasteiger partial charge in [0, 0.05) is 52.7 Å². The fourth-order valence-electron chi connectivity index (χ4n) is 10.2. The molecule has 0 spiro atoms. The predicted molar refractivity (Wildman–Crippen MR) is 233 cm³/mol. The molecular formula is C50H28N4S. The van der Waals surface area contributed by atoms with E-state index in [2.05, 4.69) is 155 Å². The average Bonchev–Trinajstić information content (AvgIpc) is 3.87. The summed E-state index contributed by atoms with van der Waals surface area (Å²) in [5.41, 5.74) is 12.6. The molecule has 0 fully saturated rings. The Morgan fingerprint density at radius 3 is 2.29 bits per heavy atom. The predicted octanol–water partition coefficient (Wildman–Crippen LogP) is 13.5. The minimum absolute atomic E-state index is 0.855. The molecule has 0 unspecified atom stereocenters. The third-order valence-electron chi connectivity index (χ3n) is 12.5. The zero-order valence-corrected chi connectivity index (χ0v) is 30.3. The number of aryl methyl sites for hydroxylation is 1. The Bertz CT molecular complexity index is 3840. The van der Waals surface area contributed by atoms with Gasteiger partial charge in [0.2, 0.25) is 0 Å². The lowest BCUT2D eigenvalue weighted by molar-refractivity contribution is 0.997. The zero-order valence-electron chi connectivity index (χ0n) is 29.5. The van der Waals surface area contributed by atoms with Crippen LogP contribution in [-0.4, -0.2) is 18.9 Å². The van der Waals surface area contributed by atoms with Crippen LogP contribution in [0.25, 0.3) is 125 Å². The Hall–Kier alpha value is -6.82. The molecule has 0 amide bonds. The van der Waals surface area contributed by atoms with Crippen molar-refractivity contribution < 1.29 is 0 Å². The first-order chi connectivity index (χ1) is 27.3. The van der Waals surface area contributed by atoms with Gasteiger partial charge in [-0.15, -0.1) is 11.3 Å². The highest BCUT2D eigenvalue weighted by atomic mass is 32.1. The van der Waals surface area contributed by atoms with Crippen molar-refractivity contribution in [2.45, 2.75) is 12.8 Å². The van der Waals surface area contributed by atoms with Gasteiger partial charge in [0.15, 0.2) is 5.82 Å². The molecule has 0 saturated carbocycles. The molecule has 0 saturated heterocycles. The Labute approximate surface area is 317 Å². The van der Waals surface area contributed by atoms with Crippen LogP contribution < -0.4 is 0 Å². The van der Waals surface area contributed by atoms with Gasteiger partial charge in [-0.05, 0) is 82.6 Å². The SMILES string of the molecule is C1=Cc2ccc3c(-c4nc5ccc6ccccc6c5nc4-n4c5ccc6sc7ccc8c9ccccc9n9c%10cccc4c%10c5c6c7c89)cccc3c2CC1. The molecule has 1 aliphatic carbocycles. The maximum absolute atomic E-state index is 5.76. The molecule has 55 heavy (non-hydrogen) atoms. The number of hydrogen-bond acceptors (Lipinski definition) is 3. The molecule has 8 aromatic carbocycles. The van der Waals surface area contributed by atoms with Crippen molar-refractivity contribution in [3.63, 3.8) is 0 Å². The molecule has 1 aliphatic rings. The van der Waals surface area contributed by atoms with Gasteiger partial charge in [-0.3, -0.25) is 4.57 Å². The highest BCUT2D eigenvalue weighted by Gasteiger charge is 2.28. The summed E-state index contributed by atoms with van der Waals surface area (Å²) in [6.45, 7) is 0. The summed E-state index contributed by atoms with van der Waals surface area (Å²) in [4.78, 5) is 11.4. The first-order valence-corrected chi connectivity index (χ1v) is 19.9. The van der Waals surface area contributed by atoms with Crippen molar-refractivity contribution >= 4 is 119 Å². The molecule has 13 aromatic rings. The molecule has 5 heteroatoms. The molecule has 0 atom stereocenters. The highest BCUT2D eigenvalue weighted by Crippen LogP contribution is 2.50. The van der Waals surface area contributed by atoms with Crippen LogP contribution in [0.2, 0.25) is 0 Å². The van der Waals surface area contributed by atoms with Crippen molar-refractivity contribution in [3.05, 3.63) is 151 Å². The minimum atomic E-state index is 0.855. The van der Waals surface area contributed by atoms with Crippen molar-refractivity contribution in [1.29, 1.82) is 0 Å². The standard InChI is InChI=1S/C50H28N4S/c1-3-11-29-27(9-1)19-21-32-31(29)14-7-15-34(32)48-50(52-47-30-12-4-2-10-28(30)20-23-36(47)51-48)54-39-18-8-17-38-43(39)44-40(54)24-26-41-45(44)46-42(55-41)25-22-35-33-13-5-6-16-37(33)53(38)49(35)46/h1-2,4-10,12-26H,3,11H2. The van der Waals surface area contributed by atoms with E-state index < -0.39 is 0 Å². The molecule has 0 bridgehead atoms. The van der Waals surface area contributed by atoms with E-state index in [1.165, 1.54) is 80.2 Å². The van der Waals surface area contributed by atoms with Gasteiger partial charge in [0.1, 0.15) is 5.69 Å². The molecule has 4 nitrogen and oxygen atoms in total. The first kappa shape index (κ1) is 28.7. The quantitative estimate of drug-likeness (QED) is 0.167. The summed E-state index contributed by atoms with van der Waals surface area (Å²) in [6, 6.07) is 49.3. The number of para-hydroxylation sites is 1. The molecule has 254 valence electrons. The van der Waals surface area contributed by atoms with Crippen LogP contribution in [0.5, 0.6) is 0 Å². The average molecular weight is 717 g/mol. The summed E-state index contributed by atoms with van der Waals surface area (Å²) in [5.74, 6) is 0.855. The molecule has 14 rings (SSSR count).